The second-order valence-electron chi connectivity index (χ2n) is 9.73. The first-order valence-corrected chi connectivity index (χ1v) is 12.9. The lowest BCUT2D eigenvalue weighted by molar-refractivity contribution is -0.122. The zero-order chi connectivity index (χ0) is 24.0. The van der Waals surface area contributed by atoms with Gasteiger partial charge in [-0.05, 0) is 18.6 Å². The first kappa shape index (κ1) is 23.3. The molecule has 33 heavy (non-hydrogen) atoms. The van der Waals surface area contributed by atoms with Gasteiger partial charge in [-0.1, -0.05) is 32.9 Å². The number of nitrogens with one attached hydrogen (secondary N) is 1. The van der Waals surface area contributed by atoms with Gasteiger partial charge in [-0.2, -0.15) is 5.10 Å². The van der Waals surface area contributed by atoms with Gasteiger partial charge >= 0.3 is 0 Å². The summed E-state index contributed by atoms with van der Waals surface area (Å²) in [6, 6.07) is 8.69. The van der Waals surface area contributed by atoms with E-state index in [1.807, 2.05) is 32.9 Å². The fraction of sp³-hybridized carbons (Fsp3) is 0.522. The Morgan fingerprint density at radius 1 is 1.24 bits per heavy atom. The Morgan fingerprint density at radius 2 is 1.97 bits per heavy atom. The molecule has 0 radical (unpaired) electrons. The molecule has 3 heterocycles. The van der Waals surface area contributed by atoms with E-state index in [0.29, 0.717) is 23.7 Å². The van der Waals surface area contributed by atoms with Crippen LogP contribution in [0.5, 0.6) is 5.75 Å². The van der Waals surface area contributed by atoms with Gasteiger partial charge in [-0.3, -0.25) is 9.59 Å². The van der Waals surface area contributed by atoms with Crippen molar-refractivity contribution in [1.82, 2.24) is 9.78 Å². The number of benzene rings is 1. The Kier molecular flexibility index (Phi) is 5.98. The van der Waals surface area contributed by atoms with Gasteiger partial charge in [0.05, 0.1) is 42.0 Å². The topological polar surface area (TPSA) is 111 Å². The molecule has 2 amide bonds. The Bertz CT molecular complexity index is 1180. The first-order valence-electron chi connectivity index (χ1n) is 11.0. The number of para-hydroxylation sites is 2. The number of rotatable bonds is 5. The van der Waals surface area contributed by atoms with Crippen molar-refractivity contribution in [3.05, 3.63) is 36.0 Å². The van der Waals surface area contributed by atoms with Crippen LogP contribution in [0.25, 0.3) is 0 Å². The molecule has 178 valence electrons. The molecule has 2 saturated heterocycles. The fourth-order valence-corrected chi connectivity index (χ4v) is 5.99. The molecular formula is C23H30N4O5S. The lowest BCUT2D eigenvalue weighted by Gasteiger charge is -2.19. The molecule has 1 N–H and O–H groups in total. The predicted octanol–water partition coefficient (Wildman–Crippen LogP) is 2.54. The van der Waals surface area contributed by atoms with E-state index in [1.165, 1.54) is 0 Å². The summed E-state index contributed by atoms with van der Waals surface area (Å²) in [5.41, 5.74) is 1.13. The van der Waals surface area contributed by atoms with E-state index < -0.39 is 15.8 Å². The van der Waals surface area contributed by atoms with Crippen LogP contribution in [0.3, 0.4) is 0 Å². The van der Waals surface area contributed by atoms with E-state index in [2.05, 4.69) is 10.4 Å². The molecule has 2 aliphatic heterocycles. The molecule has 2 aliphatic rings. The Hall–Kier alpha value is -2.88. The normalized spacial score (nSPS) is 22.5. The molecule has 0 saturated carbocycles. The molecule has 4 rings (SSSR count). The third kappa shape index (κ3) is 4.75. The number of hydrogen-bond donors (Lipinski definition) is 1. The maximum atomic E-state index is 13.2. The van der Waals surface area contributed by atoms with Crippen LogP contribution in [0.2, 0.25) is 0 Å². The van der Waals surface area contributed by atoms with Crippen LogP contribution in [0, 0.1) is 5.92 Å². The number of sulfone groups is 1. The number of carbonyl (C=O) groups is 2. The van der Waals surface area contributed by atoms with Crippen molar-refractivity contribution in [3.63, 3.8) is 0 Å². The minimum Gasteiger partial charge on any atom is -0.495 e. The van der Waals surface area contributed by atoms with Gasteiger partial charge in [0.2, 0.25) is 11.8 Å². The number of carbonyl (C=O) groups excluding carboxylic acids is 2. The van der Waals surface area contributed by atoms with E-state index in [9.17, 15) is 18.0 Å². The number of anilines is 2. The third-order valence-corrected chi connectivity index (χ3v) is 7.93. The second kappa shape index (κ2) is 8.48. The summed E-state index contributed by atoms with van der Waals surface area (Å²) in [6.07, 6.45) is 0.544. The molecule has 1 aromatic heterocycles. The van der Waals surface area contributed by atoms with Crippen molar-refractivity contribution >= 4 is 33.2 Å². The number of nitrogens with zero attached hydrogens (tertiary/aromatic N) is 3. The van der Waals surface area contributed by atoms with Gasteiger partial charge in [0.15, 0.2) is 9.84 Å². The van der Waals surface area contributed by atoms with Crippen molar-refractivity contribution in [2.45, 2.75) is 45.1 Å². The fourth-order valence-electron chi connectivity index (χ4n) is 4.30. The summed E-state index contributed by atoms with van der Waals surface area (Å²) in [5, 5.41) is 7.58. The second-order valence-corrected chi connectivity index (χ2v) is 12.0. The summed E-state index contributed by atoms with van der Waals surface area (Å²) in [4.78, 5) is 27.4. The number of amides is 2. The van der Waals surface area contributed by atoms with Gasteiger partial charge in [0.1, 0.15) is 11.6 Å². The minimum absolute atomic E-state index is 0.00459. The molecule has 2 atom stereocenters. The maximum Gasteiger partial charge on any atom is 0.230 e. The van der Waals surface area contributed by atoms with Gasteiger partial charge < -0.3 is 15.0 Å². The third-order valence-electron chi connectivity index (χ3n) is 6.18. The SMILES string of the molecule is COc1ccccc1N1CC(C(=O)Nc2cc(C(C)(C)C)nn2C2CCS(=O)(=O)C2)CC1=O. The van der Waals surface area contributed by atoms with Crippen LogP contribution < -0.4 is 15.0 Å². The highest BCUT2D eigenvalue weighted by molar-refractivity contribution is 7.91. The molecule has 0 aliphatic carbocycles. The number of ether oxygens (including phenoxy) is 1. The highest BCUT2D eigenvalue weighted by atomic mass is 32.2. The van der Waals surface area contributed by atoms with Gasteiger partial charge in [0, 0.05) is 24.4 Å². The predicted molar refractivity (Wildman–Crippen MR) is 125 cm³/mol. The number of methoxy groups -OCH3 is 1. The van der Waals surface area contributed by atoms with Crippen LogP contribution in [-0.4, -0.2) is 55.2 Å². The molecule has 2 aromatic rings. The molecule has 0 spiro atoms. The maximum absolute atomic E-state index is 13.2. The number of hydrogen-bond acceptors (Lipinski definition) is 6. The van der Waals surface area contributed by atoms with Crippen LogP contribution >= 0.6 is 0 Å². The summed E-state index contributed by atoms with van der Waals surface area (Å²) < 4.78 is 31.1. The zero-order valence-electron chi connectivity index (χ0n) is 19.4. The van der Waals surface area contributed by atoms with Crippen LogP contribution in [0.1, 0.15) is 45.3 Å². The van der Waals surface area contributed by atoms with Gasteiger partial charge in [-0.25, -0.2) is 13.1 Å². The van der Waals surface area contributed by atoms with Crippen molar-refractivity contribution in [2.75, 3.05) is 35.4 Å². The quantitative estimate of drug-likeness (QED) is 0.713. The molecule has 10 heteroatoms. The van der Waals surface area contributed by atoms with E-state index >= 15 is 0 Å². The zero-order valence-corrected chi connectivity index (χ0v) is 20.2. The molecule has 2 unspecified atom stereocenters. The average Bonchev–Trinajstić information content (AvgIpc) is 3.44. The smallest absolute Gasteiger partial charge is 0.230 e. The summed E-state index contributed by atoms with van der Waals surface area (Å²) in [5.74, 6) is 0.174. The summed E-state index contributed by atoms with van der Waals surface area (Å²) >= 11 is 0. The lowest BCUT2D eigenvalue weighted by Crippen LogP contribution is -2.29. The van der Waals surface area contributed by atoms with Crippen molar-refractivity contribution < 1.29 is 22.7 Å². The van der Waals surface area contributed by atoms with Crippen molar-refractivity contribution in [2.24, 2.45) is 5.92 Å². The highest BCUT2D eigenvalue weighted by Crippen LogP contribution is 2.34. The average molecular weight is 475 g/mol. The van der Waals surface area contributed by atoms with Crippen LogP contribution in [0.15, 0.2) is 30.3 Å². The van der Waals surface area contributed by atoms with E-state index in [4.69, 9.17) is 4.74 Å². The molecule has 2 fully saturated rings. The minimum atomic E-state index is -3.12. The Labute approximate surface area is 194 Å². The largest absolute Gasteiger partial charge is 0.495 e. The first-order chi connectivity index (χ1) is 15.5. The van der Waals surface area contributed by atoms with E-state index in [-0.39, 0.29) is 47.7 Å². The van der Waals surface area contributed by atoms with E-state index in [0.717, 1.165) is 5.69 Å². The van der Waals surface area contributed by atoms with E-state index in [1.54, 1.807) is 34.9 Å². The Balaban J connectivity index is 1.56. The molecule has 1 aromatic carbocycles. The van der Waals surface area contributed by atoms with Crippen molar-refractivity contribution in [1.29, 1.82) is 0 Å². The van der Waals surface area contributed by atoms with Gasteiger partial charge in [-0.15, -0.1) is 0 Å². The lowest BCUT2D eigenvalue weighted by atomic mass is 9.92. The standard InChI is InChI=1S/C23H30N4O5S/c1-23(2,3)19-12-20(27(25-19)16-9-10-33(30,31)14-16)24-22(29)15-11-21(28)26(13-15)17-7-5-6-8-18(17)32-4/h5-8,12,15-16H,9-11,13-14H2,1-4H3,(H,24,29). The van der Waals surface area contributed by atoms with Crippen molar-refractivity contribution in [3.8, 4) is 5.75 Å². The van der Waals surface area contributed by atoms with Gasteiger partial charge in [0.25, 0.3) is 0 Å². The van der Waals surface area contributed by atoms with Crippen LogP contribution in [-0.2, 0) is 24.8 Å². The monoisotopic (exact) mass is 474 g/mol. The molecule has 0 bridgehead atoms. The summed E-state index contributed by atoms with van der Waals surface area (Å²) in [6.45, 7) is 6.27. The molecule has 9 nitrogen and oxygen atoms in total. The molecular weight excluding hydrogens is 444 g/mol. The summed E-state index contributed by atoms with van der Waals surface area (Å²) in [7, 11) is -1.58. The highest BCUT2D eigenvalue weighted by Gasteiger charge is 2.38. The van der Waals surface area contributed by atoms with Crippen LogP contribution in [0.4, 0.5) is 11.5 Å². The Morgan fingerprint density at radius 3 is 2.61 bits per heavy atom. The number of aromatic nitrogens is 2.